The van der Waals surface area contributed by atoms with E-state index in [4.69, 9.17) is 12.2 Å². The van der Waals surface area contributed by atoms with Crippen LogP contribution in [-0.2, 0) is 12.8 Å². The number of H-pyrrole nitrogens is 2. The third kappa shape index (κ3) is 3.57. The summed E-state index contributed by atoms with van der Waals surface area (Å²) in [4.78, 5) is 30.1. The molecule has 1 aliphatic carbocycles. The highest BCUT2D eigenvalue weighted by atomic mass is 32.1. The first-order valence-corrected chi connectivity index (χ1v) is 9.61. The summed E-state index contributed by atoms with van der Waals surface area (Å²) in [6.07, 6.45) is 4.75. The molecule has 1 amide bonds. The van der Waals surface area contributed by atoms with Crippen molar-refractivity contribution in [2.24, 2.45) is 0 Å². The van der Waals surface area contributed by atoms with E-state index in [-0.39, 0.29) is 22.3 Å². The standard InChI is InChI=1S/C21H21N3O2S/c1-12(14-7-6-13-4-2-3-5-15(13)10-14)22-19(25)16-8-9-17-18(11-16)23-21(27)24-20(17)26/h6-12H,2-5H2,1H3,(H,22,25)(H2,23,24,26,27). The highest BCUT2D eigenvalue weighted by Crippen LogP contribution is 2.25. The molecule has 27 heavy (non-hydrogen) atoms. The Kier molecular flexibility index (Phi) is 4.66. The van der Waals surface area contributed by atoms with Crippen molar-refractivity contribution in [3.63, 3.8) is 0 Å². The topological polar surface area (TPSA) is 77.8 Å². The van der Waals surface area contributed by atoms with Gasteiger partial charge in [-0.15, -0.1) is 0 Å². The number of hydrogen-bond acceptors (Lipinski definition) is 3. The molecule has 3 aromatic rings. The molecule has 4 rings (SSSR count). The van der Waals surface area contributed by atoms with Crippen LogP contribution in [0.5, 0.6) is 0 Å². The van der Waals surface area contributed by atoms with Crippen LogP contribution in [0.4, 0.5) is 0 Å². The van der Waals surface area contributed by atoms with Gasteiger partial charge < -0.3 is 10.3 Å². The second-order valence-electron chi connectivity index (χ2n) is 7.10. The van der Waals surface area contributed by atoms with Crippen LogP contribution in [0.1, 0.15) is 52.9 Å². The molecule has 0 bridgehead atoms. The van der Waals surface area contributed by atoms with Crippen molar-refractivity contribution in [1.82, 2.24) is 15.3 Å². The van der Waals surface area contributed by atoms with Crippen molar-refractivity contribution >= 4 is 29.0 Å². The highest BCUT2D eigenvalue weighted by molar-refractivity contribution is 7.71. The van der Waals surface area contributed by atoms with Gasteiger partial charge in [-0.2, -0.15) is 0 Å². The number of hydrogen-bond donors (Lipinski definition) is 3. The number of fused-ring (bicyclic) bond motifs is 2. The summed E-state index contributed by atoms with van der Waals surface area (Å²) < 4.78 is 0.243. The number of aromatic nitrogens is 2. The number of rotatable bonds is 3. The molecule has 2 aromatic carbocycles. The van der Waals surface area contributed by atoms with Crippen LogP contribution < -0.4 is 10.9 Å². The third-order valence-corrected chi connectivity index (χ3v) is 5.43. The fraction of sp³-hybridized carbons (Fsp3) is 0.286. The van der Waals surface area contributed by atoms with E-state index in [2.05, 4.69) is 33.5 Å². The molecule has 0 radical (unpaired) electrons. The minimum atomic E-state index is -0.261. The monoisotopic (exact) mass is 379 g/mol. The van der Waals surface area contributed by atoms with Crippen LogP contribution in [0.2, 0.25) is 0 Å². The van der Waals surface area contributed by atoms with Crippen molar-refractivity contribution in [3.05, 3.63) is 73.8 Å². The van der Waals surface area contributed by atoms with Gasteiger partial charge in [-0.25, -0.2) is 0 Å². The van der Waals surface area contributed by atoms with Gasteiger partial charge in [0.1, 0.15) is 0 Å². The van der Waals surface area contributed by atoms with Gasteiger partial charge in [0.25, 0.3) is 11.5 Å². The quantitative estimate of drug-likeness (QED) is 0.603. The van der Waals surface area contributed by atoms with Gasteiger partial charge in [-0.3, -0.25) is 14.6 Å². The molecule has 6 heteroatoms. The van der Waals surface area contributed by atoms with Crippen LogP contribution >= 0.6 is 12.2 Å². The molecule has 5 nitrogen and oxygen atoms in total. The normalized spacial score (nSPS) is 14.6. The molecule has 138 valence electrons. The van der Waals surface area contributed by atoms with Crippen LogP contribution in [0, 0.1) is 4.77 Å². The second-order valence-corrected chi connectivity index (χ2v) is 7.51. The summed E-state index contributed by atoms with van der Waals surface area (Å²) in [5, 5.41) is 3.52. The molecule has 1 heterocycles. The van der Waals surface area contributed by atoms with Crippen molar-refractivity contribution in [2.75, 3.05) is 0 Å². The van der Waals surface area contributed by atoms with E-state index < -0.39 is 0 Å². The van der Waals surface area contributed by atoms with E-state index >= 15 is 0 Å². The Morgan fingerprint density at radius 1 is 1.07 bits per heavy atom. The van der Waals surface area contributed by atoms with Crippen LogP contribution in [-0.4, -0.2) is 15.9 Å². The van der Waals surface area contributed by atoms with Gasteiger partial charge in [0.2, 0.25) is 0 Å². The number of aromatic amines is 2. The minimum absolute atomic E-state index is 0.0990. The molecule has 0 spiro atoms. The van der Waals surface area contributed by atoms with E-state index in [1.807, 2.05) is 6.92 Å². The lowest BCUT2D eigenvalue weighted by Crippen LogP contribution is -2.27. The summed E-state index contributed by atoms with van der Waals surface area (Å²) in [5.74, 6) is -0.179. The maximum absolute atomic E-state index is 12.7. The molecular weight excluding hydrogens is 358 g/mol. The lowest BCUT2D eigenvalue weighted by molar-refractivity contribution is 0.0940. The molecule has 0 saturated carbocycles. The van der Waals surface area contributed by atoms with Crippen molar-refractivity contribution in [3.8, 4) is 0 Å². The summed E-state index contributed by atoms with van der Waals surface area (Å²) in [6.45, 7) is 1.99. The lowest BCUT2D eigenvalue weighted by Gasteiger charge is -2.20. The largest absolute Gasteiger partial charge is 0.346 e. The minimum Gasteiger partial charge on any atom is -0.346 e. The summed E-state index contributed by atoms with van der Waals surface area (Å²) in [6, 6.07) is 11.4. The smallest absolute Gasteiger partial charge is 0.259 e. The highest BCUT2D eigenvalue weighted by Gasteiger charge is 2.15. The molecule has 0 fully saturated rings. The summed E-state index contributed by atoms with van der Waals surface area (Å²) in [5.41, 5.74) is 4.72. The number of nitrogens with one attached hydrogen (secondary N) is 3. The Morgan fingerprint density at radius 2 is 1.85 bits per heavy atom. The predicted molar refractivity (Wildman–Crippen MR) is 109 cm³/mol. The maximum atomic E-state index is 12.7. The van der Waals surface area contributed by atoms with Crippen molar-refractivity contribution in [1.29, 1.82) is 0 Å². The summed E-state index contributed by atoms with van der Waals surface area (Å²) in [7, 11) is 0. The zero-order valence-corrected chi connectivity index (χ0v) is 15.9. The first-order chi connectivity index (χ1) is 13.0. The Labute approximate surface area is 161 Å². The molecule has 0 saturated heterocycles. The van der Waals surface area contributed by atoms with Crippen LogP contribution in [0.15, 0.2) is 41.2 Å². The van der Waals surface area contributed by atoms with E-state index in [0.717, 1.165) is 18.4 Å². The van der Waals surface area contributed by atoms with Crippen molar-refractivity contribution in [2.45, 2.75) is 38.6 Å². The van der Waals surface area contributed by atoms with Gasteiger partial charge in [-0.1, -0.05) is 18.2 Å². The molecule has 0 aliphatic heterocycles. The van der Waals surface area contributed by atoms with Gasteiger partial charge in [0, 0.05) is 5.56 Å². The van der Waals surface area contributed by atoms with E-state index in [1.54, 1.807) is 18.2 Å². The SMILES string of the molecule is CC(NC(=O)c1ccc2c(=O)[nH]c(=S)[nH]c2c1)c1ccc2c(c1)CCCC2. The van der Waals surface area contributed by atoms with Gasteiger partial charge in [0.15, 0.2) is 4.77 Å². The Hall–Kier alpha value is -2.73. The molecular formula is C21H21N3O2S. The first-order valence-electron chi connectivity index (χ1n) is 9.20. The Morgan fingerprint density at radius 3 is 2.67 bits per heavy atom. The predicted octanol–water partition coefficient (Wildman–Crippen LogP) is 3.96. The third-order valence-electron chi connectivity index (χ3n) is 5.22. The van der Waals surface area contributed by atoms with Crippen molar-refractivity contribution < 1.29 is 4.79 Å². The van der Waals surface area contributed by atoms with E-state index in [9.17, 15) is 9.59 Å². The van der Waals surface area contributed by atoms with Gasteiger partial charge in [0.05, 0.1) is 16.9 Å². The number of benzene rings is 2. The average Bonchev–Trinajstić information content (AvgIpc) is 2.66. The second kappa shape index (κ2) is 7.12. The lowest BCUT2D eigenvalue weighted by atomic mass is 9.89. The Bertz CT molecular complexity index is 1150. The molecule has 1 unspecified atom stereocenters. The zero-order valence-electron chi connectivity index (χ0n) is 15.1. The zero-order chi connectivity index (χ0) is 19.0. The first kappa shape index (κ1) is 17.7. The molecule has 1 aromatic heterocycles. The summed E-state index contributed by atoms with van der Waals surface area (Å²) >= 11 is 5.01. The van der Waals surface area contributed by atoms with E-state index in [1.165, 1.54) is 24.0 Å². The fourth-order valence-corrected chi connectivity index (χ4v) is 3.90. The van der Waals surface area contributed by atoms with Gasteiger partial charge >= 0.3 is 0 Å². The van der Waals surface area contributed by atoms with Crippen LogP contribution in [0.25, 0.3) is 10.9 Å². The maximum Gasteiger partial charge on any atom is 0.259 e. The van der Waals surface area contributed by atoms with E-state index in [0.29, 0.717) is 16.5 Å². The number of amides is 1. The average molecular weight is 379 g/mol. The fourth-order valence-electron chi connectivity index (χ4n) is 3.70. The number of carbonyl (C=O) groups is 1. The molecule has 1 atom stereocenters. The molecule has 1 aliphatic rings. The number of aryl methyl sites for hydroxylation is 2. The number of carbonyl (C=O) groups excluding carboxylic acids is 1. The van der Waals surface area contributed by atoms with Gasteiger partial charge in [-0.05, 0) is 79.7 Å². The van der Waals surface area contributed by atoms with Crippen LogP contribution in [0.3, 0.4) is 0 Å². The molecule has 3 N–H and O–H groups in total. The Balaban J connectivity index is 1.57.